The summed E-state index contributed by atoms with van der Waals surface area (Å²) in [5.74, 6) is 5.76. The number of hydrogen-bond donors (Lipinski definition) is 4. The van der Waals surface area contributed by atoms with Gasteiger partial charge in [0.15, 0.2) is 34.5 Å². The Hall–Kier alpha value is -3.49. The molecule has 0 amide bonds. The van der Waals surface area contributed by atoms with E-state index in [4.69, 9.17) is 23.0 Å². The Morgan fingerprint density at radius 3 is 2.32 bits per heavy atom. The van der Waals surface area contributed by atoms with E-state index in [0.29, 0.717) is 5.82 Å². The van der Waals surface area contributed by atoms with Gasteiger partial charge < -0.3 is 23.0 Å². The number of benzene rings is 1. The zero-order valence-corrected chi connectivity index (χ0v) is 11.4. The van der Waals surface area contributed by atoms with E-state index < -0.39 is 0 Å². The molecule has 0 saturated heterocycles. The molecule has 0 bridgehead atoms. The fourth-order valence-corrected chi connectivity index (χ4v) is 1.95. The Kier molecular flexibility index (Phi) is 3.14. The number of nitrogens with zero attached hydrogens (tertiary/aromatic N) is 5. The molecule has 0 spiro atoms. The maximum Gasteiger partial charge on any atom is 0.186 e. The van der Waals surface area contributed by atoms with Crippen molar-refractivity contribution in [1.82, 2.24) is 19.9 Å². The van der Waals surface area contributed by atoms with Gasteiger partial charge in [-0.3, -0.25) is 0 Å². The number of fused-ring (bicyclic) bond motifs is 1. The van der Waals surface area contributed by atoms with Crippen molar-refractivity contribution in [3.8, 4) is 11.4 Å². The molecule has 110 valence electrons. The second-order valence-corrected chi connectivity index (χ2v) is 4.44. The average Bonchev–Trinajstić information content (AvgIpc) is 2.54. The number of rotatable bonds is 2. The smallest absolute Gasteiger partial charge is 0.186 e. The number of anilines is 2. The van der Waals surface area contributed by atoms with Crippen molar-refractivity contribution in [2.24, 2.45) is 16.7 Å². The highest BCUT2D eigenvalue weighted by Crippen LogP contribution is 2.22. The van der Waals surface area contributed by atoms with Crippen molar-refractivity contribution >= 4 is 28.6 Å². The largest absolute Gasteiger partial charge is 0.382 e. The predicted octanol–water partition coefficient (Wildman–Crippen LogP) is -0.170. The third kappa shape index (κ3) is 2.20. The van der Waals surface area contributed by atoms with Gasteiger partial charge in [0.1, 0.15) is 5.69 Å². The number of aromatic nitrogens is 4. The summed E-state index contributed by atoms with van der Waals surface area (Å²) in [4.78, 5) is 16.9. The van der Waals surface area contributed by atoms with Crippen LogP contribution in [0.15, 0.2) is 35.4 Å². The molecule has 3 rings (SSSR count). The summed E-state index contributed by atoms with van der Waals surface area (Å²) in [5.41, 5.74) is 18.9. The first kappa shape index (κ1) is 13.5. The Labute approximate surface area is 125 Å². The molecule has 0 fully saturated rings. The molecule has 0 aliphatic carbocycles. The van der Waals surface area contributed by atoms with Gasteiger partial charge in [0.2, 0.25) is 0 Å². The highest BCUT2D eigenvalue weighted by molar-refractivity contribution is 6.01. The van der Waals surface area contributed by atoms with Crippen molar-refractivity contribution in [3.05, 3.63) is 36.0 Å². The SMILES string of the molecule is N/N=C(\N)c1nc2c(N)nc(-c3ccccc3)nc2nc1N. The number of nitrogen functional groups attached to an aromatic ring is 2. The lowest BCUT2D eigenvalue weighted by Crippen LogP contribution is -2.20. The molecular weight excluding hydrogens is 282 g/mol. The van der Waals surface area contributed by atoms with Gasteiger partial charge >= 0.3 is 0 Å². The molecule has 3 aromatic rings. The zero-order valence-electron chi connectivity index (χ0n) is 11.4. The molecule has 1 aromatic carbocycles. The van der Waals surface area contributed by atoms with Gasteiger partial charge in [-0.15, -0.1) is 0 Å². The minimum Gasteiger partial charge on any atom is -0.382 e. The minimum atomic E-state index is -0.0431. The van der Waals surface area contributed by atoms with Gasteiger partial charge in [-0.2, -0.15) is 5.10 Å². The van der Waals surface area contributed by atoms with Crippen LogP contribution in [0.4, 0.5) is 11.6 Å². The summed E-state index contributed by atoms with van der Waals surface area (Å²) in [6.07, 6.45) is 0. The molecule has 0 radical (unpaired) electrons. The van der Waals surface area contributed by atoms with E-state index >= 15 is 0 Å². The highest BCUT2D eigenvalue weighted by atomic mass is 15.2. The Balaban J connectivity index is 2.24. The van der Waals surface area contributed by atoms with Gasteiger partial charge in [-0.25, -0.2) is 19.9 Å². The Morgan fingerprint density at radius 1 is 0.909 bits per heavy atom. The quantitative estimate of drug-likeness (QED) is 0.218. The van der Waals surface area contributed by atoms with Crippen molar-refractivity contribution in [1.29, 1.82) is 0 Å². The molecule has 0 atom stereocenters. The number of nitrogens with two attached hydrogens (primary N) is 4. The summed E-state index contributed by atoms with van der Waals surface area (Å²) in [6.45, 7) is 0. The van der Waals surface area contributed by atoms with E-state index in [1.54, 1.807) is 0 Å². The molecule has 0 saturated carbocycles. The van der Waals surface area contributed by atoms with Gasteiger partial charge in [-0.05, 0) is 0 Å². The lowest BCUT2D eigenvalue weighted by Gasteiger charge is -2.08. The Morgan fingerprint density at radius 2 is 1.64 bits per heavy atom. The molecule has 0 unspecified atom stereocenters. The first-order valence-electron chi connectivity index (χ1n) is 6.30. The second-order valence-electron chi connectivity index (χ2n) is 4.44. The Bertz CT molecular complexity index is 874. The lowest BCUT2D eigenvalue weighted by molar-refractivity contribution is 1.14. The van der Waals surface area contributed by atoms with Gasteiger partial charge in [0.25, 0.3) is 0 Å². The highest BCUT2D eigenvalue weighted by Gasteiger charge is 2.15. The molecule has 22 heavy (non-hydrogen) atoms. The number of hydrazone groups is 1. The van der Waals surface area contributed by atoms with Gasteiger partial charge in [0, 0.05) is 5.56 Å². The van der Waals surface area contributed by atoms with Crippen molar-refractivity contribution in [2.45, 2.75) is 0 Å². The number of amidine groups is 1. The van der Waals surface area contributed by atoms with E-state index in [9.17, 15) is 0 Å². The maximum absolute atomic E-state index is 5.95. The molecule has 0 aliphatic heterocycles. The fraction of sp³-hybridized carbons (Fsp3) is 0. The van der Waals surface area contributed by atoms with Crippen LogP contribution < -0.4 is 23.0 Å². The zero-order chi connectivity index (χ0) is 15.7. The van der Waals surface area contributed by atoms with Crippen LogP contribution in [0.2, 0.25) is 0 Å². The summed E-state index contributed by atoms with van der Waals surface area (Å²) in [6, 6.07) is 9.38. The van der Waals surface area contributed by atoms with Crippen LogP contribution in [0.5, 0.6) is 0 Å². The lowest BCUT2D eigenvalue weighted by atomic mass is 10.2. The maximum atomic E-state index is 5.95. The van der Waals surface area contributed by atoms with E-state index in [2.05, 4.69) is 25.0 Å². The molecule has 2 aromatic heterocycles. The topological polar surface area (TPSA) is 168 Å². The molecule has 9 nitrogen and oxygen atoms in total. The van der Waals surface area contributed by atoms with E-state index in [-0.39, 0.29) is 34.3 Å². The molecule has 0 aliphatic rings. The normalized spacial score (nSPS) is 11.7. The second kappa shape index (κ2) is 5.13. The summed E-state index contributed by atoms with van der Waals surface area (Å²) >= 11 is 0. The van der Waals surface area contributed by atoms with E-state index in [1.807, 2.05) is 30.3 Å². The molecule has 2 heterocycles. The molecular formula is C13H13N9. The minimum absolute atomic E-state index is 0.0431. The van der Waals surface area contributed by atoms with Gasteiger partial charge in [0.05, 0.1) is 0 Å². The van der Waals surface area contributed by atoms with Crippen LogP contribution in [-0.2, 0) is 0 Å². The van der Waals surface area contributed by atoms with Crippen LogP contribution in [0.1, 0.15) is 5.69 Å². The molecule has 8 N–H and O–H groups in total. The summed E-state index contributed by atoms with van der Waals surface area (Å²) in [5, 5.41) is 3.35. The van der Waals surface area contributed by atoms with Crippen LogP contribution in [-0.4, -0.2) is 25.8 Å². The number of hydrogen-bond acceptors (Lipinski definition) is 8. The first-order valence-corrected chi connectivity index (χ1v) is 6.30. The van der Waals surface area contributed by atoms with Gasteiger partial charge in [-0.1, -0.05) is 30.3 Å². The third-order valence-corrected chi connectivity index (χ3v) is 3.00. The van der Waals surface area contributed by atoms with Crippen LogP contribution in [0, 0.1) is 0 Å². The molecule has 9 heteroatoms. The van der Waals surface area contributed by atoms with Crippen LogP contribution >= 0.6 is 0 Å². The van der Waals surface area contributed by atoms with E-state index in [0.717, 1.165) is 5.56 Å². The van der Waals surface area contributed by atoms with E-state index in [1.165, 1.54) is 0 Å². The van der Waals surface area contributed by atoms with Crippen LogP contribution in [0.25, 0.3) is 22.6 Å². The summed E-state index contributed by atoms with van der Waals surface area (Å²) < 4.78 is 0. The summed E-state index contributed by atoms with van der Waals surface area (Å²) in [7, 11) is 0. The van der Waals surface area contributed by atoms with Crippen molar-refractivity contribution < 1.29 is 0 Å². The standard InChI is InChI=1S/C13H13N9/c14-9-7(11(16)22-17)18-8-10(15)19-12(21-13(8)20-9)6-4-2-1-3-5-6/h1-5H,17H2,(H2,16,22)(H4,14,15,19,20,21). The first-order chi connectivity index (χ1) is 10.6. The average molecular weight is 295 g/mol. The van der Waals surface area contributed by atoms with Crippen molar-refractivity contribution in [2.75, 3.05) is 11.5 Å². The predicted molar refractivity (Wildman–Crippen MR) is 84.3 cm³/mol. The van der Waals surface area contributed by atoms with Crippen LogP contribution in [0.3, 0.4) is 0 Å². The third-order valence-electron chi connectivity index (χ3n) is 3.00. The fourth-order valence-electron chi connectivity index (χ4n) is 1.95. The monoisotopic (exact) mass is 295 g/mol. The van der Waals surface area contributed by atoms with Crippen molar-refractivity contribution in [3.63, 3.8) is 0 Å².